The monoisotopic (exact) mass is 331 g/mol. The number of piperidine rings is 1. The lowest BCUT2D eigenvalue weighted by Gasteiger charge is -2.37. The van der Waals surface area contributed by atoms with Crippen molar-refractivity contribution < 1.29 is 19.4 Å². The lowest BCUT2D eigenvalue weighted by Crippen LogP contribution is -2.47. The second kappa shape index (κ2) is 7.34. The maximum atomic E-state index is 13.0. The van der Waals surface area contributed by atoms with Gasteiger partial charge in [-0.05, 0) is 38.2 Å². The summed E-state index contributed by atoms with van der Waals surface area (Å²) in [5.74, 6) is -1.41. The fourth-order valence-corrected chi connectivity index (χ4v) is 3.73. The van der Waals surface area contributed by atoms with Crippen LogP contribution in [0.25, 0.3) is 0 Å². The molecule has 2 aliphatic rings. The van der Waals surface area contributed by atoms with Crippen LogP contribution in [0.15, 0.2) is 24.3 Å². The topological polar surface area (TPSA) is 66.8 Å². The number of benzene rings is 1. The molecule has 0 aromatic heterocycles. The number of ether oxygens (including phenoxy) is 1. The van der Waals surface area contributed by atoms with Crippen molar-refractivity contribution in [1.82, 2.24) is 4.90 Å². The highest BCUT2D eigenvalue weighted by Crippen LogP contribution is 2.35. The number of carboxylic acids is 1. The molecule has 2 saturated heterocycles. The molecule has 0 unspecified atom stereocenters. The van der Waals surface area contributed by atoms with Gasteiger partial charge in [-0.3, -0.25) is 9.59 Å². The third-order valence-corrected chi connectivity index (χ3v) is 5.13. The van der Waals surface area contributed by atoms with E-state index in [1.54, 1.807) is 4.90 Å². The molecule has 2 fully saturated rings. The van der Waals surface area contributed by atoms with Gasteiger partial charge in [0.2, 0.25) is 5.91 Å². The van der Waals surface area contributed by atoms with Gasteiger partial charge in [0.15, 0.2) is 0 Å². The molecule has 0 bridgehead atoms. The molecule has 1 N–H and O–H groups in total. The average molecular weight is 331 g/mol. The van der Waals surface area contributed by atoms with E-state index in [0.717, 1.165) is 24.8 Å². The highest BCUT2D eigenvalue weighted by atomic mass is 16.5. The highest BCUT2D eigenvalue weighted by molar-refractivity contribution is 5.81. The molecule has 0 aliphatic carbocycles. The third kappa shape index (κ3) is 3.61. The second-order valence-electron chi connectivity index (χ2n) is 6.91. The Morgan fingerprint density at radius 1 is 1.17 bits per heavy atom. The Kier molecular flexibility index (Phi) is 5.19. The maximum absolute atomic E-state index is 13.0. The lowest BCUT2D eigenvalue weighted by molar-refractivity contribution is -0.151. The standard InChI is InChI=1S/C19H25NO4/c1-13-6-8-14(9-7-13)17-16(5-3-11-24-17)18(21)20-10-2-4-15(12-20)19(22)23/h6-9,15-17H,2-5,10-12H2,1H3,(H,22,23)/t15-,16+,17+/m1/s1. The first-order valence-corrected chi connectivity index (χ1v) is 8.76. The molecule has 2 heterocycles. The molecular formula is C19H25NO4. The summed E-state index contributed by atoms with van der Waals surface area (Å²) < 4.78 is 5.94. The summed E-state index contributed by atoms with van der Waals surface area (Å²) in [4.78, 5) is 26.0. The molecule has 1 amide bonds. The van der Waals surface area contributed by atoms with Crippen LogP contribution in [0.1, 0.15) is 42.9 Å². The normalized spacial score (nSPS) is 27.7. The molecule has 5 heteroatoms. The number of likely N-dealkylation sites (tertiary alicyclic amines) is 1. The molecule has 130 valence electrons. The number of nitrogens with zero attached hydrogens (tertiary/aromatic N) is 1. The average Bonchev–Trinajstić information content (AvgIpc) is 2.62. The minimum atomic E-state index is -0.803. The highest BCUT2D eigenvalue weighted by Gasteiger charge is 2.38. The third-order valence-electron chi connectivity index (χ3n) is 5.13. The summed E-state index contributed by atoms with van der Waals surface area (Å²) in [5, 5.41) is 9.24. The fraction of sp³-hybridized carbons (Fsp3) is 0.579. The molecule has 1 aromatic rings. The van der Waals surface area contributed by atoms with E-state index in [4.69, 9.17) is 4.74 Å². The molecule has 3 rings (SSSR count). The molecule has 2 aliphatic heterocycles. The molecule has 0 spiro atoms. The van der Waals surface area contributed by atoms with Crippen LogP contribution in [0.2, 0.25) is 0 Å². The Morgan fingerprint density at radius 2 is 1.92 bits per heavy atom. The van der Waals surface area contributed by atoms with Crippen LogP contribution < -0.4 is 0 Å². The summed E-state index contributed by atoms with van der Waals surface area (Å²) in [6, 6.07) is 8.14. The minimum Gasteiger partial charge on any atom is -0.481 e. The maximum Gasteiger partial charge on any atom is 0.308 e. The van der Waals surface area contributed by atoms with Crippen LogP contribution in [0, 0.1) is 18.8 Å². The zero-order valence-corrected chi connectivity index (χ0v) is 14.1. The quantitative estimate of drug-likeness (QED) is 0.925. The van der Waals surface area contributed by atoms with Gasteiger partial charge in [0, 0.05) is 19.7 Å². The van der Waals surface area contributed by atoms with Crippen LogP contribution in [-0.4, -0.2) is 41.6 Å². The van der Waals surface area contributed by atoms with Gasteiger partial charge in [-0.1, -0.05) is 29.8 Å². The summed E-state index contributed by atoms with van der Waals surface area (Å²) in [5.41, 5.74) is 2.21. The van der Waals surface area contributed by atoms with Crippen molar-refractivity contribution >= 4 is 11.9 Å². The Hall–Kier alpha value is -1.88. The molecule has 0 saturated carbocycles. The van der Waals surface area contributed by atoms with Crippen molar-refractivity contribution in [2.45, 2.75) is 38.7 Å². The van der Waals surface area contributed by atoms with E-state index >= 15 is 0 Å². The predicted molar refractivity (Wildman–Crippen MR) is 89.5 cm³/mol. The van der Waals surface area contributed by atoms with Crippen molar-refractivity contribution in [2.75, 3.05) is 19.7 Å². The molecule has 0 radical (unpaired) electrons. The van der Waals surface area contributed by atoms with E-state index < -0.39 is 11.9 Å². The molecule has 3 atom stereocenters. The zero-order valence-electron chi connectivity index (χ0n) is 14.1. The van der Waals surface area contributed by atoms with Crippen molar-refractivity contribution in [3.63, 3.8) is 0 Å². The molecule has 1 aromatic carbocycles. The van der Waals surface area contributed by atoms with E-state index in [9.17, 15) is 14.7 Å². The van der Waals surface area contributed by atoms with E-state index in [0.29, 0.717) is 26.1 Å². The van der Waals surface area contributed by atoms with Gasteiger partial charge in [0.1, 0.15) is 0 Å². The number of hydrogen-bond acceptors (Lipinski definition) is 3. The van der Waals surface area contributed by atoms with Gasteiger partial charge in [-0.25, -0.2) is 0 Å². The fourth-order valence-electron chi connectivity index (χ4n) is 3.73. The minimum absolute atomic E-state index is 0.0474. The molecule has 5 nitrogen and oxygen atoms in total. The number of aliphatic carboxylic acids is 1. The number of carboxylic acid groups (broad SMARTS) is 1. The van der Waals surface area contributed by atoms with Crippen molar-refractivity contribution in [3.8, 4) is 0 Å². The Morgan fingerprint density at radius 3 is 2.62 bits per heavy atom. The number of rotatable bonds is 3. The number of hydrogen-bond donors (Lipinski definition) is 1. The summed E-state index contributed by atoms with van der Waals surface area (Å²) in [6.07, 6.45) is 2.85. The number of carbonyl (C=O) groups excluding carboxylic acids is 1. The van der Waals surface area contributed by atoms with Gasteiger partial charge in [-0.15, -0.1) is 0 Å². The Bertz CT molecular complexity index is 598. The van der Waals surface area contributed by atoms with E-state index in [-0.39, 0.29) is 17.9 Å². The van der Waals surface area contributed by atoms with Crippen LogP contribution >= 0.6 is 0 Å². The largest absolute Gasteiger partial charge is 0.481 e. The van der Waals surface area contributed by atoms with Crippen molar-refractivity contribution in [3.05, 3.63) is 35.4 Å². The number of aryl methyl sites for hydroxylation is 1. The molecular weight excluding hydrogens is 306 g/mol. The summed E-state index contributed by atoms with van der Waals surface area (Å²) in [7, 11) is 0. The zero-order chi connectivity index (χ0) is 17.1. The van der Waals surface area contributed by atoms with Crippen LogP contribution in [-0.2, 0) is 14.3 Å². The first kappa shape index (κ1) is 17.0. The van der Waals surface area contributed by atoms with Crippen LogP contribution in [0.3, 0.4) is 0 Å². The van der Waals surface area contributed by atoms with Gasteiger partial charge in [0.05, 0.1) is 17.9 Å². The number of carbonyl (C=O) groups is 2. The second-order valence-corrected chi connectivity index (χ2v) is 6.91. The predicted octanol–water partition coefficient (Wildman–Crippen LogP) is 2.79. The van der Waals surface area contributed by atoms with Gasteiger partial charge >= 0.3 is 5.97 Å². The van der Waals surface area contributed by atoms with Gasteiger partial charge in [-0.2, -0.15) is 0 Å². The summed E-state index contributed by atoms with van der Waals surface area (Å²) >= 11 is 0. The van der Waals surface area contributed by atoms with Crippen LogP contribution in [0.4, 0.5) is 0 Å². The first-order valence-electron chi connectivity index (χ1n) is 8.76. The van der Waals surface area contributed by atoms with Gasteiger partial charge < -0.3 is 14.7 Å². The van der Waals surface area contributed by atoms with E-state index in [1.807, 2.05) is 31.2 Å². The SMILES string of the molecule is Cc1ccc([C@@H]2OCCC[C@@H]2C(=O)N2CCC[C@@H](C(=O)O)C2)cc1. The van der Waals surface area contributed by atoms with Crippen molar-refractivity contribution in [1.29, 1.82) is 0 Å². The first-order chi connectivity index (χ1) is 11.6. The van der Waals surface area contributed by atoms with E-state index in [2.05, 4.69) is 0 Å². The molecule has 24 heavy (non-hydrogen) atoms. The smallest absolute Gasteiger partial charge is 0.308 e. The van der Waals surface area contributed by atoms with Crippen LogP contribution in [0.5, 0.6) is 0 Å². The van der Waals surface area contributed by atoms with E-state index in [1.165, 1.54) is 5.56 Å². The van der Waals surface area contributed by atoms with Gasteiger partial charge in [0.25, 0.3) is 0 Å². The lowest BCUT2D eigenvalue weighted by atomic mass is 9.87. The van der Waals surface area contributed by atoms with Crippen molar-refractivity contribution in [2.24, 2.45) is 11.8 Å². The summed E-state index contributed by atoms with van der Waals surface area (Å²) in [6.45, 7) is 3.68. The Balaban J connectivity index is 1.76. The number of amides is 1. The Labute approximate surface area is 142 Å².